The molecule has 3 heterocycles. The average Bonchev–Trinajstić information content (AvgIpc) is 2.99. The van der Waals surface area contributed by atoms with Gasteiger partial charge < -0.3 is 4.90 Å². The molecular weight excluding hydrogens is 308 g/mol. The summed E-state index contributed by atoms with van der Waals surface area (Å²) in [6.45, 7) is 3.85. The van der Waals surface area contributed by atoms with Crippen LogP contribution in [0.15, 0.2) is 16.4 Å². The number of aromatic nitrogens is 3. The molecule has 0 saturated carbocycles. The largest absolute Gasteiger partial charge is 0.368 e. The molecule has 0 aromatic carbocycles. The standard InChI is InChI=1S/C14H17ClN4OS/c1-2-10-8-21-14(17-10)9-4-3-5-19(7-9)11-6-16-18-13(20)12(11)15/h6,8-9H,2-5,7H2,1H3,(H,18,20)/t9-/m0/s1. The van der Waals surface area contributed by atoms with Gasteiger partial charge in [0.15, 0.2) is 0 Å². The molecular formula is C14H17ClN4OS. The molecule has 0 radical (unpaired) electrons. The van der Waals surface area contributed by atoms with E-state index >= 15 is 0 Å². The van der Waals surface area contributed by atoms with Crippen molar-refractivity contribution in [2.75, 3.05) is 18.0 Å². The number of rotatable bonds is 3. The lowest BCUT2D eigenvalue weighted by Gasteiger charge is -2.33. The fraction of sp³-hybridized carbons (Fsp3) is 0.500. The Bertz CT molecular complexity index is 684. The second-order valence-corrected chi connectivity index (χ2v) is 6.48. The Hall–Kier alpha value is -1.40. The third-order valence-electron chi connectivity index (χ3n) is 3.82. The number of hydrogen-bond acceptors (Lipinski definition) is 5. The van der Waals surface area contributed by atoms with E-state index in [4.69, 9.17) is 16.6 Å². The SMILES string of the molecule is CCc1csc([C@H]2CCCN(c3cn[nH]c(=O)c3Cl)C2)n1. The summed E-state index contributed by atoms with van der Waals surface area (Å²) in [6, 6.07) is 0. The molecule has 21 heavy (non-hydrogen) atoms. The van der Waals surface area contributed by atoms with E-state index in [9.17, 15) is 4.79 Å². The maximum absolute atomic E-state index is 11.6. The van der Waals surface area contributed by atoms with Crippen LogP contribution in [0.3, 0.4) is 0 Å². The van der Waals surface area contributed by atoms with E-state index in [2.05, 4.69) is 27.4 Å². The molecule has 5 nitrogen and oxygen atoms in total. The van der Waals surface area contributed by atoms with Gasteiger partial charge >= 0.3 is 0 Å². The quantitative estimate of drug-likeness (QED) is 0.943. The van der Waals surface area contributed by atoms with Crippen molar-refractivity contribution in [1.29, 1.82) is 0 Å². The lowest BCUT2D eigenvalue weighted by Crippen LogP contribution is -2.35. The zero-order valence-corrected chi connectivity index (χ0v) is 13.4. The molecule has 3 rings (SSSR count). The summed E-state index contributed by atoms with van der Waals surface area (Å²) in [5.74, 6) is 0.402. The molecule has 1 saturated heterocycles. The average molecular weight is 325 g/mol. The molecule has 112 valence electrons. The molecule has 1 aliphatic rings. The van der Waals surface area contributed by atoms with Crippen LogP contribution in [0, 0.1) is 0 Å². The first-order valence-electron chi connectivity index (χ1n) is 7.11. The highest BCUT2D eigenvalue weighted by molar-refractivity contribution is 7.09. The maximum atomic E-state index is 11.6. The molecule has 0 aliphatic carbocycles. The van der Waals surface area contributed by atoms with Crippen LogP contribution < -0.4 is 10.5 Å². The number of nitrogens with zero attached hydrogens (tertiary/aromatic N) is 3. The number of halogens is 1. The summed E-state index contributed by atoms with van der Waals surface area (Å²) in [6.07, 6.45) is 4.79. The molecule has 1 atom stereocenters. The number of aromatic amines is 1. The van der Waals surface area contributed by atoms with Gasteiger partial charge in [-0.25, -0.2) is 10.1 Å². The Balaban J connectivity index is 1.82. The summed E-state index contributed by atoms with van der Waals surface area (Å²) < 4.78 is 0. The van der Waals surface area contributed by atoms with Crippen molar-refractivity contribution in [2.45, 2.75) is 32.1 Å². The highest BCUT2D eigenvalue weighted by Gasteiger charge is 2.25. The zero-order valence-electron chi connectivity index (χ0n) is 11.8. The maximum Gasteiger partial charge on any atom is 0.285 e. The summed E-state index contributed by atoms with van der Waals surface area (Å²) >= 11 is 7.84. The molecule has 0 unspecified atom stereocenters. The van der Waals surface area contributed by atoms with Gasteiger partial charge in [0.25, 0.3) is 5.56 Å². The van der Waals surface area contributed by atoms with Crippen LogP contribution >= 0.6 is 22.9 Å². The summed E-state index contributed by atoms with van der Waals surface area (Å²) in [7, 11) is 0. The minimum atomic E-state index is -0.334. The highest BCUT2D eigenvalue weighted by Crippen LogP contribution is 2.33. The van der Waals surface area contributed by atoms with Crippen LogP contribution in [-0.2, 0) is 6.42 Å². The second kappa shape index (κ2) is 6.15. The zero-order chi connectivity index (χ0) is 14.8. The van der Waals surface area contributed by atoms with E-state index in [0.29, 0.717) is 5.92 Å². The molecule has 7 heteroatoms. The van der Waals surface area contributed by atoms with Gasteiger partial charge in [0.2, 0.25) is 0 Å². The Morgan fingerprint density at radius 2 is 2.43 bits per heavy atom. The number of anilines is 1. The first-order chi connectivity index (χ1) is 10.2. The minimum absolute atomic E-state index is 0.221. The van der Waals surface area contributed by atoms with Crippen LogP contribution in [0.4, 0.5) is 5.69 Å². The Morgan fingerprint density at radius 1 is 1.57 bits per heavy atom. The van der Waals surface area contributed by atoms with Crippen molar-refractivity contribution in [3.05, 3.63) is 37.7 Å². The smallest absolute Gasteiger partial charge is 0.285 e. The number of piperidine rings is 1. The number of hydrogen-bond donors (Lipinski definition) is 1. The predicted molar refractivity (Wildman–Crippen MR) is 85.5 cm³/mol. The van der Waals surface area contributed by atoms with Crippen LogP contribution in [0.5, 0.6) is 0 Å². The topological polar surface area (TPSA) is 61.9 Å². The van der Waals surface area contributed by atoms with Gasteiger partial charge in [-0.3, -0.25) is 4.79 Å². The summed E-state index contributed by atoms with van der Waals surface area (Å²) in [5, 5.41) is 9.76. The fourth-order valence-corrected chi connectivity index (χ4v) is 3.91. The summed E-state index contributed by atoms with van der Waals surface area (Å²) in [5.41, 5.74) is 1.54. The second-order valence-electron chi connectivity index (χ2n) is 5.21. The van der Waals surface area contributed by atoms with Gasteiger partial charge in [-0.15, -0.1) is 11.3 Å². The van der Waals surface area contributed by atoms with Gasteiger partial charge in [-0.2, -0.15) is 5.10 Å². The van der Waals surface area contributed by atoms with Gasteiger partial charge in [0.05, 0.1) is 22.6 Å². The number of aryl methyl sites for hydroxylation is 1. The Labute approximate surface area is 132 Å². The molecule has 1 fully saturated rings. The Morgan fingerprint density at radius 3 is 3.19 bits per heavy atom. The van der Waals surface area contributed by atoms with Gasteiger partial charge in [-0.1, -0.05) is 18.5 Å². The van der Waals surface area contributed by atoms with E-state index in [-0.39, 0.29) is 10.6 Å². The van der Waals surface area contributed by atoms with Crippen molar-refractivity contribution in [1.82, 2.24) is 15.2 Å². The van der Waals surface area contributed by atoms with Crippen molar-refractivity contribution >= 4 is 28.6 Å². The van der Waals surface area contributed by atoms with Crippen molar-refractivity contribution in [3.8, 4) is 0 Å². The molecule has 0 bridgehead atoms. The molecule has 2 aromatic rings. The van der Waals surface area contributed by atoms with Crippen molar-refractivity contribution in [2.24, 2.45) is 0 Å². The molecule has 0 amide bonds. The van der Waals surface area contributed by atoms with Gasteiger partial charge in [-0.05, 0) is 19.3 Å². The normalized spacial score (nSPS) is 19.0. The van der Waals surface area contributed by atoms with Gasteiger partial charge in [0, 0.05) is 24.4 Å². The summed E-state index contributed by atoms with van der Waals surface area (Å²) in [4.78, 5) is 18.4. The monoisotopic (exact) mass is 324 g/mol. The fourth-order valence-electron chi connectivity index (χ4n) is 2.66. The first kappa shape index (κ1) is 14.5. The van der Waals surface area contributed by atoms with E-state index < -0.39 is 0 Å². The van der Waals surface area contributed by atoms with Crippen LogP contribution in [0.2, 0.25) is 5.02 Å². The number of nitrogens with one attached hydrogen (secondary N) is 1. The number of H-pyrrole nitrogens is 1. The Kier molecular flexibility index (Phi) is 4.26. The predicted octanol–water partition coefficient (Wildman–Crippen LogP) is 2.83. The van der Waals surface area contributed by atoms with Crippen LogP contribution in [0.1, 0.15) is 36.4 Å². The molecule has 1 N–H and O–H groups in total. The van der Waals surface area contributed by atoms with Gasteiger partial charge in [0.1, 0.15) is 5.02 Å². The first-order valence-corrected chi connectivity index (χ1v) is 8.37. The van der Waals surface area contributed by atoms with Crippen molar-refractivity contribution in [3.63, 3.8) is 0 Å². The van der Waals surface area contributed by atoms with E-state index in [1.54, 1.807) is 17.5 Å². The lowest BCUT2D eigenvalue weighted by molar-refractivity contribution is 0.507. The third kappa shape index (κ3) is 2.96. The third-order valence-corrected chi connectivity index (χ3v) is 5.24. The van der Waals surface area contributed by atoms with E-state index in [0.717, 1.165) is 43.7 Å². The number of thiazole rings is 1. The molecule has 2 aromatic heterocycles. The van der Waals surface area contributed by atoms with Crippen LogP contribution in [0.25, 0.3) is 0 Å². The van der Waals surface area contributed by atoms with Crippen molar-refractivity contribution < 1.29 is 0 Å². The highest BCUT2D eigenvalue weighted by atomic mass is 35.5. The van der Waals surface area contributed by atoms with E-state index in [1.807, 2.05) is 0 Å². The molecule has 1 aliphatic heterocycles. The van der Waals surface area contributed by atoms with E-state index in [1.165, 1.54) is 5.01 Å². The molecule has 0 spiro atoms. The lowest BCUT2D eigenvalue weighted by atomic mass is 9.98. The van der Waals surface area contributed by atoms with Crippen LogP contribution in [-0.4, -0.2) is 28.3 Å². The minimum Gasteiger partial charge on any atom is -0.368 e.